The quantitative estimate of drug-likeness (QED) is 0.181. The first-order chi connectivity index (χ1) is 27.3. The number of hydrogen-bond donors (Lipinski definition) is 2. The smallest absolute Gasteiger partial charge is 0.153 e. The summed E-state index contributed by atoms with van der Waals surface area (Å²) in [6.07, 6.45) is 8.45. The Balaban J connectivity index is 1.42. The van der Waals surface area contributed by atoms with Crippen LogP contribution in [0.3, 0.4) is 0 Å². The molecule has 55 heavy (non-hydrogen) atoms. The van der Waals surface area contributed by atoms with Gasteiger partial charge in [0.25, 0.3) is 0 Å². The Kier molecular flexibility index (Phi) is 8.08. The topological polar surface area (TPSA) is 66.6 Å². The molecule has 0 unspecified atom stereocenters. The number of H-pyrrole nitrogens is 2. The molecule has 10 rings (SSSR count). The molecule has 2 aliphatic heterocycles. The molecule has 8 bridgehead atoms. The van der Waals surface area contributed by atoms with Crippen molar-refractivity contribution in [3.05, 3.63) is 193 Å². The lowest BCUT2D eigenvalue weighted by atomic mass is 10.0. The first kappa shape index (κ1) is 32.2. The van der Waals surface area contributed by atoms with E-state index < -0.39 is 0 Å². The molecule has 8 aromatic rings. The van der Waals surface area contributed by atoms with Gasteiger partial charge in [-0.2, -0.15) is 0 Å². The average Bonchev–Trinajstić information content (AvgIpc) is 4.08. The van der Waals surface area contributed by atoms with Crippen LogP contribution in [0.25, 0.3) is 90.9 Å². The third-order valence-corrected chi connectivity index (χ3v) is 10.1. The predicted molar refractivity (Wildman–Crippen MR) is 227 cm³/mol. The summed E-state index contributed by atoms with van der Waals surface area (Å²) in [6, 6.07) is 58.2. The minimum atomic E-state index is 0.694. The lowest BCUT2D eigenvalue weighted by Gasteiger charge is -2.08. The summed E-state index contributed by atoms with van der Waals surface area (Å²) in [5, 5.41) is 0. The van der Waals surface area contributed by atoms with Gasteiger partial charge >= 0.3 is 0 Å². The summed E-state index contributed by atoms with van der Waals surface area (Å²) >= 11 is 0. The molecule has 0 radical (unpaired) electrons. The molecule has 2 N–H and O–H groups in total. The number of benzene rings is 5. The van der Waals surface area contributed by atoms with Crippen LogP contribution < -0.4 is 4.74 Å². The molecule has 260 valence electrons. The van der Waals surface area contributed by atoms with Crippen molar-refractivity contribution >= 4 is 46.4 Å². The molecular weight excluding hydrogens is 673 g/mol. The van der Waals surface area contributed by atoms with Gasteiger partial charge in [0.15, 0.2) is 5.75 Å². The van der Waals surface area contributed by atoms with Crippen molar-refractivity contribution in [3.8, 4) is 56.0 Å². The minimum absolute atomic E-state index is 0.694. The second kappa shape index (κ2) is 13.8. The fourth-order valence-corrected chi connectivity index (χ4v) is 7.58. The highest BCUT2D eigenvalue weighted by molar-refractivity contribution is 6.01. The van der Waals surface area contributed by atoms with Crippen molar-refractivity contribution in [2.24, 2.45) is 0 Å². The van der Waals surface area contributed by atoms with Gasteiger partial charge in [-0.05, 0) is 70.8 Å². The van der Waals surface area contributed by atoms with Gasteiger partial charge in [-0.1, -0.05) is 140 Å². The molecule has 0 fully saturated rings. The minimum Gasteiger partial charge on any atom is -0.455 e. The average molecular weight is 707 g/mol. The lowest BCUT2D eigenvalue weighted by molar-refractivity contribution is 0.489. The van der Waals surface area contributed by atoms with Crippen LogP contribution in [-0.4, -0.2) is 19.9 Å². The Bertz CT molecular complexity index is 2910. The van der Waals surface area contributed by atoms with Crippen LogP contribution in [0.1, 0.15) is 22.8 Å². The van der Waals surface area contributed by atoms with Crippen molar-refractivity contribution in [1.82, 2.24) is 19.9 Å². The van der Waals surface area contributed by atoms with Crippen LogP contribution in [0, 0.1) is 0 Å². The van der Waals surface area contributed by atoms with Crippen molar-refractivity contribution in [2.45, 2.75) is 0 Å². The molecule has 5 heteroatoms. The third kappa shape index (κ3) is 6.04. The van der Waals surface area contributed by atoms with Crippen molar-refractivity contribution in [3.63, 3.8) is 0 Å². The number of aromatic nitrogens is 4. The molecule has 0 saturated heterocycles. The van der Waals surface area contributed by atoms with E-state index in [1.807, 2.05) is 54.6 Å². The molecule has 0 atom stereocenters. The number of para-hydroxylation sites is 1. The molecule has 2 aliphatic rings. The van der Waals surface area contributed by atoms with Crippen LogP contribution in [0.4, 0.5) is 0 Å². The van der Waals surface area contributed by atoms with E-state index >= 15 is 0 Å². The van der Waals surface area contributed by atoms with Crippen LogP contribution in [-0.2, 0) is 0 Å². The van der Waals surface area contributed by atoms with E-state index in [2.05, 4.69) is 150 Å². The Hall–Kier alpha value is -7.50. The number of hydrogen-bond acceptors (Lipinski definition) is 3. The molecule has 5 heterocycles. The number of aromatic amines is 2. The summed E-state index contributed by atoms with van der Waals surface area (Å²) in [4.78, 5) is 18.5. The summed E-state index contributed by atoms with van der Waals surface area (Å²) in [6.45, 7) is 0. The predicted octanol–water partition coefficient (Wildman–Crippen LogP) is 13.1. The van der Waals surface area contributed by atoms with Crippen molar-refractivity contribution < 1.29 is 4.74 Å². The normalized spacial score (nSPS) is 11.9. The van der Waals surface area contributed by atoms with E-state index in [4.69, 9.17) is 14.7 Å². The van der Waals surface area contributed by atoms with E-state index in [1.165, 1.54) is 0 Å². The second-order valence-electron chi connectivity index (χ2n) is 13.5. The van der Waals surface area contributed by atoms with E-state index in [0.717, 1.165) is 95.1 Å². The Morgan fingerprint density at radius 3 is 1.27 bits per heavy atom. The van der Waals surface area contributed by atoms with Gasteiger partial charge < -0.3 is 14.7 Å². The summed E-state index contributed by atoms with van der Waals surface area (Å²) in [7, 11) is 0. The maximum Gasteiger partial charge on any atom is 0.153 e. The Morgan fingerprint density at radius 2 is 0.745 bits per heavy atom. The third-order valence-electron chi connectivity index (χ3n) is 10.1. The maximum absolute atomic E-state index is 6.79. The van der Waals surface area contributed by atoms with E-state index in [0.29, 0.717) is 5.75 Å². The fraction of sp³-hybridized carbons (Fsp3) is 0. The summed E-state index contributed by atoms with van der Waals surface area (Å²) in [5.41, 5.74) is 15.1. The molecule has 5 nitrogen and oxygen atoms in total. The van der Waals surface area contributed by atoms with Gasteiger partial charge in [0.05, 0.1) is 33.8 Å². The number of nitrogens with zero attached hydrogens (tertiary/aromatic N) is 2. The summed E-state index contributed by atoms with van der Waals surface area (Å²) < 4.78 is 6.79. The van der Waals surface area contributed by atoms with Crippen molar-refractivity contribution in [2.75, 3.05) is 0 Å². The lowest BCUT2D eigenvalue weighted by Crippen LogP contribution is -1.91. The first-order valence-corrected chi connectivity index (χ1v) is 18.4. The summed E-state index contributed by atoms with van der Waals surface area (Å²) in [5.74, 6) is 1.44. The molecule has 0 aliphatic carbocycles. The Labute approximate surface area is 318 Å². The van der Waals surface area contributed by atoms with E-state index in [1.54, 1.807) is 0 Å². The SMILES string of the molecule is C1=Cc2nc1c(-c1ccccc1)c1nc(c(-c3ccccc3)c3[nH]c(cc3Oc3ccccc3)c(-c3ccccc3)c3ccc([nH]3)c2-c2ccccc2)C=C1. The van der Waals surface area contributed by atoms with Crippen LogP contribution in [0.2, 0.25) is 0 Å². The second-order valence-corrected chi connectivity index (χ2v) is 13.5. The van der Waals surface area contributed by atoms with Gasteiger partial charge in [0.2, 0.25) is 0 Å². The van der Waals surface area contributed by atoms with Gasteiger partial charge in [-0.25, -0.2) is 9.97 Å². The van der Waals surface area contributed by atoms with Gasteiger partial charge in [0.1, 0.15) is 5.75 Å². The zero-order valence-corrected chi connectivity index (χ0v) is 29.8. The van der Waals surface area contributed by atoms with Gasteiger partial charge in [-0.3, -0.25) is 0 Å². The largest absolute Gasteiger partial charge is 0.455 e. The number of fused-ring (bicyclic) bond motifs is 8. The zero-order valence-electron chi connectivity index (χ0n) is 29.8. The molecule has 3 aromatic heterocycles. The maximum atomic E-state index is 6.79. The molecule has 0 saturated carbocycles. The van der Waals surface area contributed by atoms with E-state index in [-0.39, 0.29) is 0 Å². The molecule has 0 amide bonds. The molecule has 5 aromatic carbocycles. The standard InChI is InChI=1S/C50H34N4O/c1-6-16-33(17-7-1)46-38-26-27-39(51-38)47(34-18-8-2-9-19-34)41-30-31-43(53-41)49(36-22-12-4-13-23-36)50-45(55-37-24-14-5-15-25-37)32-44(54-50)48(35-20-10-3-11-21-35)42-29-28-40(46)52-42/h1-32,52,54H. The molecular formula is C50H34N4O. The monoisotopic (exact) mass is 706 g/mol. The van der Waals surface area contributed by atoms with Gasteiger partial charge in [0, 0.05) is 39.4 Å². The fourth-order valence-electron chi connectivity index (χ4n) is 7.58. The Morgan fingerprint density at radius 1 is 0.345 bits per heavy atom. The van der Waals surface area contributed by atoms with Crippen LogP contribution >= 0.6 is 0 Å². The van der Waals surface area contributed by atoms with Crippen molar-refractivity contribution in [1.29, 1.82) is 0 Å². The number of rotatable bonds is 6. The van der Waals surface area contributed by atoms with Gasteiger partial charge in [-0.15, -0.1) is 0 Å². The van der Waals surface area contributed by atoms with Crippen LogP contribution in [0.15, 0.2) is 170 Å². The number of nitrogens with one attached hydrogen (secondary N) is 2. The first-order valence-electron chi connectivity index (χ1n) is 18.4. The highest BCUT2D eigenvalue weighted by Gasteiger charge is 2.21. The highest BCUT2D eigenvalue weighted by Crippen LogP contribution is 2.42. The van der Waals surface area contributed by atoms with E-state index in [9.17, 15) is 0 Å². The number of ether oxygens (including phenoxy) is 1. The zero-order chi connectivity index (χ0) is 36.6. The van der Waals surface area contributed by atoms with Crippen LogP contribution in [0.5, 0.6) is 11.5 Å². The molecule has 0 spiro atoms. The highest BCUT2D eigenvalue weighted by atomic mass is 16.5.